The lowest BCUT2D eigenvalue weighted by Crippen LogP contribution is -2.28. The van der Waals surface area contributed by atoms with Crippen LogP contribution in [-0.4, -0.2) is 6.09 Å². The number of nitrogens with two attached hydrogens (primary N) is 1. The molecule has 0 radical (unpaired) electrons. The molecule has 1 rings (SSSR count). The minimum absolute atomic E-state index is 0.321. The van der Waals surface area contributed by atoms with Gasteiger partial charge in [-0.3, -0.25) is 0 Å². The maximum absolute atomic E-state index is 13.0. The Morgan fingerprint density at radius 3 is 2.60 bits per heavy atom. The Morgan fingerprint density at radius 2 is 2.13 bits per heavy atom. The standard InChI is InChI=1S/C10H11BrFNO2/c1-10(2,15-9(13)14)6-3-4-8(12)7(11)5-6/h3-5H,1-2H3,(H2,13,14). The van der Waals surface area contributed by atoms with Crippen LogP contribution < -0.4 is 5.73 Å². The first-order chi connectivity index (χ1) is 6.83. The topological polar surface area (TPSA) is 52.3 Å². The van der Waals surface area contributed by atoms with Gasteiger partial charge in [0, 0.05) is 0 Å². The number of halogens is 2. The third-order valence-corrected chi connectivity index (χ3v) is 2.58. The quantitative estimate of drug-likeness (QED) is 0.902. The van der Waals surface area contributed by atoms with E-state index >= 15 is 0 Å². The number of ether oxygens (including phenoxy) is 1. The highest BCUT2D eigenvalue weighted by Gasteiger charge is 2.24. The SMILES string of the molecule is CC(C)(OC(N)=O)c1ccc(F)c(Br)c1. The zero-order valence-electron chi connectivity index (χ0n) is 8.38. The minimum Gasteiger partial charge on any atom is -0.439 e. The molecular weight excluding hydrogens is 265 g/mol. The van der Waals surface area contributed by atoms with E-state index in [4.69, 9.17) is 10.5 Å². The highest BCUT2D eigenvalue weighted by Crippen LogP contribution is 2.28. The van der Waals surface area contributed by atoms with Gasteiger partial charge in [-0.15, -0.1) is 0 Å². The molecule has 0 fully saturated rings. The van der Waals surface area contributed by atoms with Gasteiger partial charge in [0.15, 0.2) is 0 Å². The van der Waals surface area contributed by atoms with Crippen LogP contribution in [0.1, 0.15) is 19.4 Å². The maximum Gasteiger partial charge on any atom is 0.405 e. The van der Waals surface area contributed by atoms with Crippen molar-refractivity contribution in [2.24, 2.45) is 5.73 Å². The Labute approximate surface area is 95.5 Å². The molecule has 3 nitrogen and oxygen atoms in total. The van der Waals surface area contributed by atoms with Crippen molar-refractivity contribution in [3.8, 4) is 0 Å². The molecule has 0 aliphatic rings. The van der Waals surface area contributed by atoms with Crippen molar-refractivity contribution in [3.63, 3.8) is 0 Å². The number of carbonyl (C=O) groups is 1. The Balaban J connectivity index is 3.04. The molecule has 5 heteroatoms. The molecule has 0 unspecified atom stereocenters. The summed E-state index contributed by atoms with van der Waals surface area (Å²) in [5.74, 6) is -0.367. The average molecular weight is 276 g/mol. The van der Waals surface area contributed by atoms with E-state index < -0.39 is 11.7 Å². The third-order valence-electron chi connectivity index (χ3n) is 1.97. The van der Waals surface area contributed by atoms with E-state index in [9.17, 15) is 9.18 Å². The van der Waals surface area contributed by atoms with Gasteiger partial charge in [-0.1, -0.05) is 6.07 Å². The van der Waals surface area contributed by atoms with Crippen LogP contribution in [0.4, 0.5) is 9.18 Å². The summed E-state index contributed by atoms with van der Waals surface area (Å²) in [5.41, 5.74) is 4.73. The summed E-state index contributed by atoms with van der Waals surface area (Å²) in [6, 6.07) is 4.40. The molecule has 1 amide bonds. The molecule has 1 aromatic rings. The number of benzene rings is 1. The van der Waals surface area contributed by atoms with Crippen molar-refractivity contribution in [1.29, 1.82) is 0 Å². The van der Waals surface area contributed by atoms with Gasteiger partial charge in [0.1, 0.15) is 11.4 Å². The van der Waals surface area contributed by atoms with Gasteiger partial charge in [0.2, 0.25) is 0 Å². The number of carbonyl (C=O) groups excluding carboxylic acids is 1. The predicted molar refractivity (Wildman–Crippen MR) is 57.8 cm³/mol. The third kappa shape index (κ3) is 2.92. The van der Waals surface area contributed by atoms with Crippen molar-refractivity contribution in [2.45, 2.75) is 19.4 Å². The van der Waals surface area contributed by atoms with Crippen molar-refractivity contribution >= 4 is 22.0 Å². The largest absolute Gasteiger partial charge is 0.439 e. The van der Waals surface area contributed by atoms with E-state index in [1.807, 2.05) is 0 Å². The average Bonchev–Trinajstić information content (AvgIpc) is 2.07. The number of rotatable bonds is 2. The summed E-state index contributed by atoms with van der Waals surface area (Å²) < 4.78 is 18.2. The molecule has 0 atom stereocenters. The molecule has 15 heavy (non-hydrogen) atoms. The van der Waals surface area contributed by atoms with Gasteiger partial charge >= 0.3 is 6.09 Å². The molecule has 0 bridgehead atoms. The molecule has 0 heterocycles. The van der Waals surface area contributed by atoms with E-state index in [1.165, 1.54) is 6.07 Å². The number of hydrogen-bond acceptors (Lipinski definition) is 2. The Kier molecular flexibility index (Phi) is 3.34. The van der Waals surface area contributed by atoms with E-state index in [0.717, 1.165) is 0 Å². The van der Waals surface area contributed by atoms with Gasteiger partial charge in [0.05, 0.1) is 4.47 Å². The van der Waals surface area contributed by atoms with Crippen LogP contribution in [0.25, 0.3) is 0 Å². The van der Waals surface area contributed by atoms with E-state index in [0.29, 0.717) is 10.0 Å². The smallest absolute Gasteiger partial charge is 0.405 e. The van der Waals surface area contributed by atoms with Crippen molar-refractivity contribution in [2.75, 3.05) is 0 Å². The fraction of sp³-hybridized carbons (Fsp3) is 0.300. The van der Waals surface area contributed by atoms with Gasteiger partial charge in [-0.25, -0.2) is 9.18 Å². The second kappa shape index (κ2) is 4.18. The summed E-state index contributed by atoms with van der Waals surface area (Å²) in [6.45, 7) is 3.36. The lowest BCUT2D eigenvalue weighted by atomic mass is 9.98. The predicted octanol–water partition coefficient (Wildman–Crippen LogP) is 2.92. The van der Waals surface area contributed by atoms with Crippen LogP contribution >= 0.6 is 15.9 Å². The van der Waals surface area contributed by atoms with Crippen LogP contribution in [0.2, 0.25) is 0 Å². The summed E-state index contributed by atoms with van der Waals surface area (Å²) >= 11 is 3.06. The van der Waals surface area contributed by atoms with E-state index in [2.05, 4.69) is 15.9 Å². The highest BCUT2D eigenvalue weighted by molar-refractivity contribution is 9.10. The first kappa shape index (κ1) is 12.0. The molecule has 2 N–H and O–H groups in total. The molecule has 0 spiro atoms. The zero-order valence-corrected chi connectivity index (χ0v) is 9.97. The Bertz CT molecular complexity index is 393. The molecule has 1 aromatic carbocycles. The van der Waals surface area contributed by atoms with Crippen molar-refractivity contribution < 1.29 is 13.9 Å². The van der Waals surface area contributed by atoms with Crippen LogP contribution in [0, 0.1) is 5.82 Å². The molecule has 0 saturated heterocycles. The van der Waals surface area contributed by atoms with Crippen LogP contribution in [0.3, 0.4) is 0 Å². The molecular formula is C10H11BrFNO2. The van der Waals surface area contributed by atoms with Crippen molar-refractivity contribution in [3.05, 3.63) is 34.1 Å². The summed E-state index contributed by atoms with van der Waals surface area (Å²) in [5, 5.41) is 0. The summed E-state index contributed by atoms with van der Waals surface area (Å²) in [4.78, 5) is 10.7. The monoisotopic (exact) mass is 275 g/mol. The van der Waals surface area contributed by atoms with Gasteiger partial charge < -0.3 is 10.5 Å². The Morgan fingerprint density at radius 1 is 1.53 bits per heavy atom. The first-order valence-corrected chi connectivity index (χ1v) is 5.06. The van der Waals surface area contributed by atoms with Gasteiger partial charge in [0.25, 0.3) is 0 Å². The van der Waals surface area contributed by atoms with Gasteiger partial charge in [-0.05, 0) is 47.5 Å². The van der Waals surface area contributed by atoms with Crippen molar-refractivity contribution in [1.82, 2.24) is 0 Å². The second-order valence-corrected chi connectivity index (χ2v) is 4.41. The lowest BCUT2D eigenvalue weighted by Gasteiger charge is -2.24. The highest BCUT2D eigenvalue weighted by atomic mass is 79.9. The van der Waals surface area contributed by atoms with Crippen LogP contribution in [-0.2, 0) is 10.3 Å². The summed E-state index contributed by atoms with van der Waals surface area (Å²) in [6.07, 6.45) is -0.861. The summed E-state index contributed by atoms with van der Waals surface area (Å²) in [7, 11) is 0. The normalized spacial score (nSPS) is 11.2. The molecule has 0 aromatic heterocycles. The Hall–Kier alpha value is -1.10. The number of hydrogen-bond donors (Lipinski definition) is 1. The maximum atomic E-state index is 13.0. The molecule has 0 aliphatic heterocycles. The van der Waals surface area contributed by atoms with E-state index in [1.54, 1.807) is 26.0 Å². The molecule has 0 aliphatic carbocycles. The first-order valence-electron chi connectivity index (χ1n) is 4.27. The zero-order chi connectivity index (χ0) is 11.6. The van der Waals surface area contributed by atoms with Gasteiger partial charge in [-0.2, -0.15) is 0 Å². The minimum atomic E-state index is -0.873. The fourth-order valence-corrected chi connectivity index (χ4v) is 1.56. The van der Waals surface area contributed by atoms with Crippen LogP contribution in [0.15, 0.2) is 22.7 Å². The lowest BCUT2D eigenvalue weighted by molar-refractivity contribution is 0.0431. The molecule has 0 saturated carbocycles. The van der Waals surface area contributed by atoms with E-state index in [-0.39, 0.29) is 5.82 Å². The fourth-order valence-electron chi connectivity index (χ4n) is 1.18. The number of primary amides is 1. The molecule has 82 valence electrons. The second-order valence-electron chi connectivity index (χ2n) is 3.56. The number of amides is 1. The van der Waals surface area contributed by atoms with Crippen LogP contribution in [0.5, 0.6) is 0 Å².